The van der Waals surface area contributed by atoms with Crippen LogP contribution in [0.4, 0.5) is 0 Å². The molecule has 0 saturated carbocycles. The van der Waals surface area contributed by atoms with Gasteiger partial charge in [-0.1, -0.05) is 12.1 Å². The van der Waals surface area contributed by atoms with E-state index in [2.05, 4.69) is 20.3 Å². The Morgan fingerprint density at radius 2 is 1.93 bits per heavy atom. The highest BCUT2D eigenvalue weighted by molar-refractivity contribution is 14.0. The number of guanidine groups is 1. The maximum atomic E-state index is 12.3. The van der Waals surface area contributed by atoms with E-state index in [1.807, 2.05) is 13.0 Å². The molecule has 0 aliphatic heterocycles. The second-order valence-electron chi connectivity index (χ2n) is 6.43. The molecule has 0 fully saturated rings. The third-order valence-electron chi connectivity index (χ3n) is 3.80. The van der Waals surface area contributed by atoms with Gasteiger partial charge in [0.2, 0.25) is 10.0 Å². The van der Waals surface area contributed by atoms with Crippen LogP contribution < -0.4 is 15.4 Å². The molecule has 168 valence electrons. The van der Waals surface area contributed by atoms with Crippen LogP contribution in [0.25, 0.3) is 0 Å². The number of halogens is 1. The van der Waals surface area contributed by atoms with E-state index < -0.39 is 19.9 Å². The van der Waals surface area contributed by atoms with Crippen LogP contribution in [0.15, 0.2) is 34.2 Å². The SMILES string of the molecule is CN=C(NCc1cccc(S(=O)(=O)NCCOC)c1)NC(C)CCS(C)(=O)=O.I. The number of methoxy groups -OCH3 is 1. The van der Waals surface area contributed by atoms with Gasteiger partial charge in [0.05, 0.1) is 17.3 Å². The molecule has 29 heavy (non-hydrogen) atoms. The molecule has 1 unspecified atom stereocenters. The Kier molecular flexibility index (Phi) is 12.9. The lowest BCUT2D eigenvalue weighted by atomic mass is 10.2. The highest BCUT2D eigenvalue weighted by atomic mass is 127. The second-order valence-corrected chi connectivity index (χ2v) is 10.5. The van der Waals surface area contributed by atoms with Crippen molar-refractivity contribution in [3.63, 3.8) is 0 Å². The number of nitrogens with zero attached hydrogens (tertiary/aromatic N) is 1. The molecule has 0 saturated heterocycles. The fraction of sp³-hybridized carbons (Fsp3) is 0.588. The number of sulfone groups is 1. The van der Waals surface area contributed by atoms with Gasteiger partial charge in [0, 0.05) is 39.5 Å². The highest BCUT2D eigenvalue weighted by Gasteiger charge is 2.14. The summed E-state index contributed by atoms with van der Waals surface area (Å²) in [7, 11) is -3.50. The third-order valence-corrected chi connectivity index (χ3v) is 6.23. The van der Waals surface area contributed by atoms with Crippen LogP contribution >= 0.6 is 24.0 Å². The number of nitrogens with one attached hydrogen (secondary N) is 3. The van der Waals surface area contributed by atoms with E-state index in [1.165, 1.54) is 19.4 Å². The Labute approximate surface area is 191 Å². The minimum Gasteiger partial charge on any atom is -0.383 e. The van der Waals surface area contributed by atoms with Gasteiger partial charge in [-0.05, 0) is 31.0 Å². The summed E-state index contributed by atoms with van der Waals surface area (Å²) in [6.07, 6.45) is 1.67. The van der Waals surface area contributed by atoms with Crippen molar-refractivity contribution in [1.82, 2.24) is 15.4 Å². The molecular weight excluding hydrogens is 531 g/mol. The number of rotatable bonds is 11. The fourth-order valence-corrected chi connectivity index (χ4v) is 4.13. The van der Waals surface area contributed by atoms with Crippen molar-refractivity contribution in [2.45, 2.75) is 30.8 Å². The molecule has 0 spiro atoms. The summed E-state index contributed by atoms with van der Waals surface area (Å²) in [6, 6.07) is 6.51. The Hall–Kier alpha value is -0.960. The van der Waals surface area contributed by atoms with E-state index in [0.717, 1.165) is 5.56 Å². The minimum absolute atomic E-state index is 0. The average molecular weight is 562 g/mol. The van der Waals surface area contributed by atoms with Crippen molar-refractivity contribution < 1.29 is 21.6 Å². The van der Waals surface area contributed by atoms with Crippen LogP contribution in [0.1, 0.15) is 18.9 Å². The van der Waals surface area contributed by atoms with Crippen LogP contribution in [-0.2, 0) is 31.1 Å². The zero-order chi connectivity index (χ0) is 21.2. The molecule has 0 amide bonds. The van der Waals surface area contributed by atoms with Crippen molar-refractivity contribution >= 4 is 49.8 Å². The minimum atomic E-state index is -3.60. The Morgan fingerprint density at radius 1 is 1.24 bits per heavy atom. The molecule has 1 atom stereocenters. The topological polar surface area (TPSA) is 126 Å². The molecule has 1 aromatic carbocycles. The maximum absolute atomic E-state index is 12.3. The fourth-order valence-electron chi connectivity index (χ4n) is 2.26. The predicted octanol–water partition coefficient (Wildman–Crippen LogP) is 0.718. The lowest BCUT2D eigenvalue weighted by Gasteiger charge is -2.18. The Morgan fingerprint density at radius 3 is 2.52 bits per heavy atom. The van der Waals surface area contributed by atoms with Gasteiger partial charge in [-0.3, -0.25) is 4.99 Å². The lowest BCUT2D eigenvalue weighted by Crippen LogP contribution is -2.42. The van der Waals surface area contributed by atoms with E-state index in [0.29, 0.717) is 25.5 Å². The number of hydrogen-bond donors (Lipinski definition) is 3. The summed E-state index contributed by atoms with van der Waals surface area (Å²) in [5.41, 5.74) is 0.765. The van der Waals surface area contributed by atoms with Gasteiger partial charge in [0.25, 0.3) is 0 Å². The normalized spacial score (nSPS) is 13.4. The van der Waals surface area contributed by atoms with Crippen molar-refractivity contribution in [1.29, 1.82) is 0 Å². The van der Waals surface area contributed by atoms with Crippen LogP contribution in [0, 0.1) is 0 Å². The highest BCUT2D eigenvalue weighted by Crippen LogP contribution is 2.11. The van der Waals surface area contributed by atoms with Gasteiger partial charge in [-0.25, -0.2) is 21.6 Å². The standard InChI is InChI=1S/C17H30N4O5S2.HI/c1-14(8-11-27(4,22)23)21-17(18-2)19-13-15-6-5-7-16(12-15)28(24,25)20-9-10-26-3;/h5-7,12,14,20H,8-11,13H2,1-4H3,(H2,18,19,21);1H. The van der Waals surface area contributed by atoms with Crippen molar-refractivity contribution in [2.24, 2.45) is 4.99 Å². The molecule has 0 aromatic heterocycles. The zero-order valence-corrected chi connectivity index (χ0v) is 21.1. The van der Waals surface area contributed by atoms with Crippen molar-refractivity contribution in [3.8, 4) is 0 Å². The molecule has 0 heterocycles. The largest absolute Gasteiger partial charge is 0.383 e. The molecular formula is C17H31IN4O5S2. The van der Waals surface area contributed by atoms with Gasteiger partial charge in [-0.15, -0.1) is 24.0 Å². The summed E-state index contributed by atoms with van der Waals surface area (Å²) in [4.78, 5) is 4.28. The molecule has 12 heteroatoms. The van der Waals surface area contributed by atoms with Gasteiger partial charge in [0.1, 0.15) is 9.84 Å². The van der Waals surface area contributed by atoms with Gasteiger partial charge in [0.15, 0.2) is 5.96 Å². The number of sulfonamides is 1. The zero-order valence-electron chi connectivity index (χ0n) is 17.1. The summed E-state index contributed by atoms with van der Waals surface area (Å²) in [6.45, 7) is 2.72. The van der Waals surface area contributed by atoms with Crippen LogP contribution in [0.2, 0.25) is 0 Å². The molecule has 0 bridgehead atoms. The number of ether oxygens (including phenoxy) is 1. The van der Waals surface area contributed by atoms with Crippen LogP contribution in [-0.4, -0.2) is 68.2 Å². The lowest BCUT2D eigenvalue weighted by molar-refractivity contribution is 0.204. The van der Waals surface area contributed by atoms with Crippen molar-refractivity contribution in [2.75, 3.05) is 39.3 Å². The second kappa shape index (κ2) is 13.4. The number of aliphatic imine (C=N–C) groups is 1. The van der Waals surface area contributed by atoms with E-state index in [1.54, 1.807) is 19.2 Å². The number of hydrogen-bond acceptors (Lipinski definition) is 6. The summed E-state index contributed by atoms with van der Waals surface area (Å²) in [5, 5.41) is 6.22. The quantitative estimate of drug-likeness (QED) is 0.157. The van der Waals surface area contributed by atoms with E-state index in [-0.39, 0.29) is 47.2 Å². The van der Waals surface area contributed by atoms with E-state index in [9.17, 15) is 16.8 Å². The molecule has 1 aromatic rings. The summed E-state index contributed by atoms with van der Waals surface area (Å²) in [5.74, 6) is 0.598. The van der Waals surface area contributed by atoms with E-state index >= 15 is 0 Å². The Bertz CT molecular complexity index is 860. The van der Waals surface area contributed by atoms with Crippen molar-refractivity contribution in [3.05, 3.63) is 29.8 Å². The maximum Gasteiger partial charge on any atom is 0.240 e. The molecule has 0 radical (unpaired) electrons. The van der Waals surface area contributed by atoms with Gasteiger partial charge >= 0.3 is 0 Å². The smallest absolute Gasteiger partial charge is 0.240 e. The first-order valence-electron chi connectivity index (χ1n) is 8.80. The van der Waals surface area contributed by atoms with Gasteiger partial charge in [-0.2, -0.15) is 0 Å². The predicted molar refractivity (Wildman–Crippen MR) is 126 cm³/mol. The molecule has 1 rings (SSSR count). The first kappa shape index (κ1) is 28.0. The molecule has 0 aliphatic carbocycles. The number of benzene rings is 1. The summed E-state index contributed by atoms with van der Waals surface area (Å²) >= 11 is 0. The monoisotopic (exact) mass is 562 g/mol. The van der Waals surface area contributed by atoms with Gasteiger partial charge < -0.3 is 15.4 Å². The average Bonchev–Trinajstić information content (AvgIpc) is 2.63. The summed E-state index contributed by atoms with van der Waals surface area (Å²) < 4.78 is 54.4. The third kappa shape index (κ3) is 11.7. The first-order valence-corrected chi connectivity index (χ1v) is 12.3. The molecule has 9 nitrogen and oxygen atoms in total. The first-order chi connectivity index (χ1) is 13.1. The van der Waals surface area contributed by atoms with Crippen LogP contribution in [0.5, 0.6) is 0 Å². The van der Waals surface area contributed by atoms with Crippen LogP contribution in [0.3, 0.4) is 0 Å². The molecule has 3 N–H and O–H groups in total. The molecule has 0 aliphatic rings. The van der Waals surface area contributed by atoms with E-state index in [4.69, 9.17) is 4.74 Å². The Balaban J connectivity index is 0.00000784.